The first-order valence-electron chi connectivity index (χ1n) is 8.73. The van der Waals surface area contributed by atoms with Gasteiger partial charge in [0.05, 0.1) is 11.6 Å². The average molecular weight is 333 g/mol. The van der Waals surface area contributed by atoms with E-state index in [1.54, 1.807) is 12.1 Å². The summed E-state index contributed by atoms with van der Waals surface area (Å²) in [6.45, 7) is 0.713. The molecule has 2 unspecified atom stereocenters. The minimum atomic E-state index is -0.530. The largest absolute Gasteiger partial charge is 0.347 e. The van der Waals surface area contributed by atoms with Gasteiger partial charge in [-0.05, 0) is 43.7 Å². The van der Waals surface area contributed by atoms with Gasteiger partial charge in [0.2, 0.25) is 0 Å². The molecule has 0 saturated heterocycles. The second kappa shape index (κ2) is 7.64. The van der Waals surface area contributed by atoms with Crippen molar-refractivity contribution in [3.8, 4) is 0 Å². The number of nitrogens with one attached hydrogen (secondary N) is 3. The van der Waals surface area contributed by atoms with Crippen LogP contribution in [0.5, 0.6) is 0 Å². The maximum absolute atomic E-state index is 13.7. The molecular formula is C18H24FN3O2. The lowest BCUT2D eigenvalue weighted by Crippen LogP contribution is -2.55. The zero-order valence-electron chi connectivity index (χ0n) is 13.7. The number of hydrogen-bond donors (Lipinski definition) is 3. The van der Waals surface area contributed by atoms with Gasteiger partial charge in [0.1, 0.15) is 5.82 Å². The standard InChI is InChI=1S/C18H24FN3O2/c19-14-6-2-1-5-13(14)17(23)21-15-7-3-4-8-16(15)22-18(24)20-11-12-9-10-12/h1-2,5-6,12,15-16H,3-4,7-11H2,(H,21,23)(H2,20,22,24). The Labute approximate surface area is 141 Å². The fraction of sp³-hybridized carbons (Fsp3) is 0.556. The molecule has 1 aromatic carbocycles. The third-order valence-corrected chi connectivity index (χ3v) is 4.77. The van der Waals surface area contributed by atoms with Crippen molar-refractivity contribution in [1.82, 2.24) is 16.0 Å². The minimum Gasteiger partial charge on any atom is -0.347 e. The second-order valence-corrected chi connectivity index (χ2v) is 6.75. The van der Waals surface area contributed by atoms with Crippen molar-refractivity contribution in [3.05, 3.63) is 35.6 Å². The van der Waals surface area contributed by atoms with E-state index in [-0.39, 0.29) is 23.7 Å². The van der Waals surface area contributed by atoms with Gasteiger partial charge in [0.25, 0.3) is 5.91 Å². The first kappa shape index (κ1) is 16.7. The topological polar surface area (TPSA) is 70.2 Å². The lowest BCUT2D eigenvalue weighted by atomic mass is 9.90. The van der Waals surface area contributed by atoms with Crippen molar-refractivity contribution in [2.24, 2.45) is 5.92 Å². The smallest absolute Gasteiger partial charge is 0.315 e. The van der Waals surface area contributed by atoms with Crippen LogP contribution in [-0.4, -0.2) is 30.6 Å². The number of carbonyl (C=O) groups excluding carboxylic acids is 2. The van der Waals surface area contributed by atoms with Gasteiger partial charge in [-0.15, -0.1) is 0 Å². The van der Waals surface area contributed by atoms with E-state index in [1.807, 2.05) is 0 Å². The Bertz CT molecular complexity index is 604. The molecule has 0 aliphatic heterocycles. The van der Waals surface area contributed by atoms with Crippen LogP contribution in [0.15, 0.2) is 24.3 Å². The number of halogens is 1. The summed E-state index contributed by atoms with van der Waals surface area (Å²) in [7, 11) is 0. The fourth-order valence-electron chi connectivity index (χ4n) is 3.15. The minimum absolute atomic E-state index is 0.0417. The molecule has 2 fully saturated rings. The fourth-order valence-corrected chi connectivity index (χ4v) is 3.15. The Hall–Kier alpha value is -2.11. The number of carbonyl (C=O) groups is 2. The maximum Gasteiger partial charge on any atom is 0.315 e. The Morgan fingerprint density at radius 1 is 1.00 bits per heavy atom. The molecule has 24 heavy (non-hydrogen) atoms. The summed E-state index contributed by atoms with van der Waals surface area (Å²) in [5.41, 5.74) is 0.0417. The zero-order valence-corrected chi connectivity index (χ0v) is 13.7. The summed E-state index contributed by atoms with van der Waals surface area (Å²) >= 11 is 0. The van der Waals surface area contributed by atoms with Crippen molar-refractivity contribution in [3.63, 3.8) is 0 Å². The molecule has 2 aliphatic rings. The normalized spacial score (nSPS) is 23.4. The van der Waals surface area contributed by atoms with Crippen LogP contribution in [0.2, 0.25) is 0 Å². The van der Waals surface area contributed by atoms with Crippen LogP contribution in [0.25, 0.3) is 0 Å². The maximum atomic E-state index is 13.7. The van der Waals surface area contributed by atoms with E-state index in [9.17, 15) is 14.0 Å². The van der Waals surface area contributed by atoms with Crippen LogP contribution in [0, 0.1) is 11.7 Å². The molecule has 6 heteroatoms. The molecule has 1 aromatic rings. The third kappa shape index (κ3) is 4.46. The molecule has 130 valence electrons. The summed E-state index contributed by atoms with van der Waals surface area (Å²) in [4.78, 5) is 24.3. The van der Waals surface area contributed by atoms with Crippen molar-refractivity contribution in [2.75, 3.05) is 6.54 Å². The number of hydrogen-bond acceptors (Lipinski definition) is 2. The first-order chi connectivity index (χ1) is 11.6. The number of urea groups is 1. The first-order valence-corrected chi connectivity index (χ1v) is 8.73. The van der Waals surface area contributed by atoms with Crippen LogP contribution >= 0.6 is 0 Å². The Morgan fingerprint density at radius 2 is 1.67 bits per heavy atom. The van der Waals surface area contributed by atoms with E-state index < -0.39 is 11.7 Å². The third-order valence-electron chi connectivity index (χ3n) is 4.77. The van der Waals surface area contributed by atoms with Crippen LogP contribution in [0.1, 0.15) is 48.9 Å². The van der Waals surface area contributed by atoms with Gasteiger partial charge in [-0.1, -0.05) is 25.0 Å². The molecule has 0 heterocycles. The SMILES string of the molecule is O=C(NCC1CC1)NC1CCCCC1NC(=O)c1ccccc1F. The summed E-state index contributed by atoms with van der Waals surface area (Å²) in [5.74, 6) is -0.332. The van der Waals surface area contributed by atoms with Crippen molar-refractivity contribution < 1.29 is 14.0 Å². The Morgan fingerprint density at radius 3 is 2.33 bits per heavy atom. The van der Waals surface area contributed by atoms with E-state index in [2.05, 4.69) is 16.0 Å². The Kier molecular flexibility index (Phi) is 5.33. The predicted octanol–water partition coefficient (Wildman–Crippen LogP) is 2.58. The molecule has 2 atom stereocenters. The number of benzene rings is 1. The molecule has 3 rings (SSSR count). The van der Waals surface area contributed by atoms with E-state index in [1.165, 1.54) is 25.0 Å². The molecule has 0 bridgehead atoms. The molecule has 5 nitrogen and oxygen atoms in total. The second-order valence-electron chi connectivity index (χ2n) is 6.75. The highest BCUT2D eigenvalue weighted by atomic mass is 19.1. The zero-order chi connectivity index (χ0) is 16.9. The summed E-state index contributed by atoms with van der Waals surface area (Å²) in [6, 6.07) is 5.47. The van der Waals surface area contributed by atoms with Gasteiger partial charge < -0.3 is 16.0 Å². The molecule has 3 amide bonds. The lowest BCUT2D eigenvalue weighted by molar-refractivity contribution is 0.0911. The monoisotopic (exact) mass is 333 g/mol. The van der Waals surface area contributed by atoms with Crippen molar-refractivity contribution >= 4 is 11.9 Å². The van der Waals surface area contributed by atoms with Crippen LogP contribution in [0.3, 0.4) is 0 Å². The van der Waals surface area contributed by atoms with Gasteiger partial charge >= 0.3 is 6.03 Å². The Balaban J connectivity index is 1.56. The van der Waals surface area contributed by atoms with Gasteiger partial charge in [0.15, 0.2) is 0 Å². The van der Waals surface area contributed by atoms with Crippen molar-refractivity contribution in [2.45, 2.75) is 50.6 Å². The van der Waals surface area contributed by atoms with E-state index in [0.717, 1.165) is 25.7 Å². The quantitative estimate of drug-likeness (QED) is 0.775. The van der Waals surface area contributed by atoms with E-state index >= 15 is 0 Å². The van der Waals surface area contributed by atoms with Crippen molar-refractivity contribution in [1.29, 1.82) is 0 Å². The highest BCUT2D eigenvalue weighted by Gasteiger charge is 2.29. The molecule has 0 spiro atoms. The van der Waals surface area contributed by atoms with Crippen LogP contribution in [0.4, 0.5) is 9.18 Å². The molecular weight excluding hydrogens is 309 g/mol. The van der Waals surface area contributed by atoms with E-state index in [0.29, 0.717) is 12.5 Å². The van der Waals surface area contributed by atoms with Gasteiger partial charge in [-0.2, -0.15) is 0 Å². The van der Waals surface area contributed by atoms with Gasteiger partial charge in [-0.3, -0.25) is 4.79 Å². The van der Waals surface area contributed by atoms with Crippen LogP contribution < -0.4 is 16.0 Å². The average Bonchev–Trinajstić information content (AvgIpc) is 3.39. The summed E-state index contributed by atoms with van der Waals surface area (Å²) in [5, 5.41) is 8.74. The number of amides is 3. The predicted molar refractivity (Wildman–Crippen MR) is 89.2 cm³/mol. The highest BCUT2D eigenvalue weighted by Crippen LogP contribution is 2.27. The van der Waals surface area contributed by atoms with Crippen LogP contribution in [-0.2, 0) is 0 Å². The molecule has 2 saturated carbocycles. The van der Waals surface area contributed by atoms with E-state index in [4.69, 9.17) is 0 Å². The highest BCUT2D eigenvalue weighted by molar-refractivity contribution is 5.94. The van der Waals surface area contributed by atoms with Gasteiger partial charge in [0, 0.05) is 12.6 Å². The molecule has 0 aromatic heterocycles. The molecule has 3 N–H and O–H groups in total. The summed E-state index contributed by atoms with van der Waals surface area (Å²) < 4.78 is 13.7. The molecule has 2 aliphatic carbocycles. The summed E-state index contributed by atoms with van der Waals surface area (Å²) in [6.07, 6.45) is 5.98. The molecule has 0 radical (unpaired) electrons. The lowest BCUT2D eigenvalue weighted by Gasteiger charge is -2.32. The van der Waals surface area contributed by atoms with Gasteiger partial charge in [-0.25, -0.2) is 9.18 Å². The number of rotatable bonds is 5.